The Balaban J connectivity index is 2.64. The van der Waals surface area contributed by atoms with Crippen molar-refractivity contribution in [3.63, 3.8) is 0 Å². The third-order valence-corrected chi connectivity index (χ3v) is 3.08. The number of nitrogens with one attached hydrogen (secondary N) is 1. The van der Waals surface area contributed by atoms with Gasteiger partial charge >= 0.3 is 0 Å². The van der Waals surface area contributed by atoms with E-state index in [1.807, 2.05) is 0 Å². The van der Waals surface area contributed by atoms with Crippen LogP contribution in [0.2, 0.25) is 0 Å². The first-order chi connectivity index (χ1) is 9.10. The molecule has 0 atom stereocenters. The second kappa shape index (κ2) is 7.63. The van der Waals surface area contributed by atoms with Gasteiger partial charge in [0.25, 0.3) is 5.91 Å². The molecule has 1 rings (SSSR count). The van der Waals surface area contributed by atoms with Gasteiger partial charge in [-0.3, -0.25) is 4.79 Å². The van der Waals surface area contributed by atoms with Gasteiger partial charge in [-0.25, -0.2) is 0 Å². The number of hydrogen-bond donors (Lipinski definition) is 3. The van der Waals surface area contributed by atoms with E-state index in [1.54, 1.807) is 18.2 Å². The largest absolute Gasteiger partial charge is 0.397 e. The standard InChI is InChI=1S/C14H24N4O/c1-3-9-18(4-2)10-8-17-13-11(14(16)19)6-5-7-12(13)15/h5-7,17H,3-4,8-10,15H2,1-2H3,(H2,16,19). The fourth-order valence-corrected chi connectivity index (χ4v) is 2.06. The van der Waals surface area contributed by atoms with Crippen LogP contribution in [0.3, 0.4) is 0 Å². The fraction of sp³-hybridized carbons (Fsp3) is 0.500. The molecule has 0 aliphatic carbocycles. The molecule has 0 aromatic heterocycles. The molecule has 5 N–H and O–H groups in total. The highest BCUT2D eigenvalue weighted by atomic mass is 16.1. The molecule has 0 aliphatic heterocycles. The van der Waals surface area contributed by atoms with Crippen LogP contribution < -0.4 is 16.8 Å². The maximum atomic E-state index is 11.3. The van der Waals surface area contributed by atoms with Crippen molar-refractivity contribution in [1.82, 2.24) is 4.90 Å². The first kappa shape index (κ1) is 15.3. The number of likely N-dealkylation sites (N-methyl/N-ethyl adjacent to an activating group) is 1. The molecule has 0 spiro atoms. The number of benzene rings is 1. The molecule has 0 saturated carbocycles. The van der Waals surface area contributed by atoms with E-state index in [0.717, 1.165) is 32.6 Å². The van der Waals surface area contributed by atoms with Crippen molar-refractivity contribution in [3.8, 4) is 0 Å². The van der Waals surface area contributed by atoms with E-state index in [1.165, 1.54) is 0 Å². The zero-order valence-corrected chi connectivity index (χ0v) is 11.8. The van der Waals surface area contributed by atoms with Gasteiger partial charge in [-0.2, -0.15) is 0 Å². The summed E-state index contributed by atoms with van der Waals surface area (Å²) in [7, 11) is 0. The molecule has 0 unspecified atom stereocenters. The summed E-state index contributed by atoms with van der Waals surface area (Å²) in [6, 6.07) is 5.18. The molecule has 0 radical (unpaired) electrons. The molecule has 19 heavy (non-hydrogen) atoms. The van der Waals surface area contributed by atoms with Crippen LogP contribution in [0.1, 0.15) is 30.6 Å². The monoisotopic (exact) mass is 264 g/mol. The summed E-state index contributed by atoms with van der Waals surface area (Å²) in [5, 5.41) is 3.22. The molecule has 5 nitrogen and oxygen atoms in total. The zero-order valence-electron chi connectivity index (χ0n) is 11.8. The predicted molar refractivity (Wildman–Crippen MR) is 80.3 cm³/mol. The average Bonchev–Trinajstić information content (AvgIpc) is 2.39. The van der Waals surface area contributed by atoms with Crippen molar-refractivity contribution in [3.05, 3.63) is 23.8 Å². The first-order valence-corrected chi connectivity index (χ1v) is 6.74. The maximum Gasteiger partial charge on any atom is 0.250 e. The van der Waals surface area contributed by atoms with E-state index in [-0.39, 0.29) is 0 Å². The number of primary amides is 1. The second-order valence-electron chi connectivity index (χ2n) is 4.50. The van der Waals surface area contributed by atoms with Crippen LogP contribution in [-0.2, 0) is 0 Å². The van der Waals surface area contributed by atoms with Crippen molar-refractivity contribution < 1.29 is 4.79 Å². The van der Waals surface area contributed by atoms with Gasteiger partial charge in [-0.05, 0) is 31.6 Å². The van der Waals surface area contributed by atoms with Gasteiger partial charge in [0.1, 0.15) is 0 Å². The molecular formula is C14H24N4O. The summed E-state index contributed by atoms with van der Waals surface area (Å²) in [6.45, 7) is 8.05. The zero-order chi connectivity index (χ0) is 14.3. The third kappa shape index (κ3) is 4.44. The molecule has 0 aliphatic rings. The summed E-state index contributed by atoms with van der Waals surface area (Å²) >= 11 is 0. The number of nitrogens with two attached hydrogens (primary N) is 2. The van der Waals surface area contributed by atoms with Gasteiger partial charge in [0.2, 0.25) is 0 Å². The summed E-state index contributed by atoms with van der Waals surface area (Å²) in [4.78, 5) is 13.7. The van der Waals surface area contributed by atoms with Crippen molar-refractivity contribution >= 4 is 17.3 Å². The van der Waals surface area contributed by atoms with Crippen LogP contribution in [0.4, 0.5) is 11.4 Å². The Morgan fingerprint density at radius 2 is 2.05 bits per heavy atom. The van der Waals surface area contributed by atoms with Gasteiger partial charge in [0, 0.05) is 13.1 Å². The van der Waals surface area contributed by atoms with Crippen LogP contribution >= 0.6 is 0 Å². The topological polar surface area (TPSA) is 84.4 Å². The molecule has 5 heteroatoms. The van der Waals surface area contributed by atoms with Crippen LogP contribution in [0, 0.1) is 0 Å². The lowest BCUT2D eigenvalue weighted by Crippen LogP contribution is -2.30. The molecule has 1 amide bonds. The highest BCUT2D eigenvalue weighted by Gasteiger charge is 2.10. The normalized spacial score (nSPS) is 10.7. The van der Waals surface area contributed by atoms with Crippen LogP contribution in [0.25, 0.3) is 0 Å². The Labute approximate surface area is 115 Å². The Morgan fingerprint density at radius 3 is 2.63 bits per heavy atom. The van der Waals surface area contributed by atoms with E-state index in [4.69, 9.17) is 11.5 Å². The first-order valence-electron chi connectivity index (χ1n) is 6.74. The van der Waals surface area contributed by atoms with Crippen molar-refractivity contribution in [2.24, 2.45) is 5.73 Å². The SMILES string of the molecule is CCCN(CC)CCNc1c(N)cccc1C(N)=O. The summed E-state index contributed by atoms with van der Waals surface area (Å²) in [5.41, 5.74) is 12.9. The van der Waals surface area contributed by atoms with Crippen LogP contribution in [0.15, 0.2) is 18.2 Å². The lowest BCUT2D eigenvalue weighted by Gasteiger charge is -2.20. The number of carbonyl (C=O) groups is 1. The maximum absolute atomic E-state index is 11.3. The van der Waals surface area contributed by atoms with Gasteiger partial charge in [0.15, 0.2) is 0 Å². The van der Waals surface area contributed by atoms with Crippen molar-refractivity contribution in [2.75, 3.05) is 37.2 Å². The number of anilines is 2. The van der Waals surface area contributed by atoms with Gasteiger partial charge in [-0.15, -0.1) is 0 Å². The highest BCUT2D eigenvalue weighted by Crippen LogP contribution is 2.22. The Kier molecular flexibility index (Phi) is 6.15. The lowest BCUT2D eigenvalue weighted by atomic mass is 10.1. The van der Waals surface area contributed by atoms with Crippen molar-refractivity contribution in [1.29, 1.82) is 0 Å². The van der Waals surface area contributed by atoms with E-state index < -0.39 is 5.91 Å². The summed E-state index contributed by atoms with van der Waals surface area (Å²) < 4.78 is 0. The van der Waals surface area contributed by atoms with E-state index >= 15 is 0 Å². The van der Waals surface area contributed by atoms with E-state index in [2.05, 4.69) is 24.1 Å². The van der Waals surface area contributed by atoms with Gasteiger partial charge in [0.05, 0.1) is 16.9 Å². The van der Waals surface area contributed by atoms with Crippen molar-refractivity contribution in [2.45, 2.75) is 20.3 Å². The highest BCUT2D eigenvalue weighted by molar-refractivity contribution is 6.01. The fourth-order valence-electron chi connectivity index (χ4n) is 2.06. The van der Waals surface area contributed by atoms with Gasteiger partial charge in [-0.1, -0.05) is 19.9 Å². The molecule has 0 heterocycles. The second-order valence-corrected chi connectivity index (χ2v) is 4.50. The number of carbonyl (C=O) groups excluding carboxylic acids is 1. The molecule has 0 fully saturated rings. The molecule has 0 saturated heterocycles. The molecular weight excluding hydrogens is 240 g/mol. The Bertz CT molecular complexity index is 420. The summed E-state index contributed by atoms with van der Waals surface area (Å²) in [5.74, 6) is -0.462. The summed E-state index contributed by atoms with van der Waals surface area (Å²) in [6.07, 6.45) is 1.13. The number of nitrogens with zero attached hydrogens (tertiary/aromatic N) is 1. The lowest BCUT2D eigenvalue weighted by molar-refractivity contribution is 0.100. The van der Waals surface area contributed by atoms with Crippen LogP contribution in [-0.4, -0.2) is 37.0 Å². The number of rotatable bonds is 8. The van der Waals surface area contributed by atoms with E-state index in [0.29, 0.717) is 16.9 Å². The predicted octanol–water partition coefficient (Wildman–Crippen LogP) is 1.51. The smallest absolute Gasteiger partial charge is 0.250 e. The number of para-hydroxylation sites is 1. The van der Waals surface area contributed by atoms with Crippen LogP contribution in [0.5, 0.6) is 0 Å². The minimum absolute atomic E-state index is 0.443. The molecule has 0 bridgehead atoms. The minimum Gasteiger partial charge on any atom is -0.397 e. The Morgan fingerprint density at radius 1 is 1.32 bits per heavy atom. The molecule has 1 aromatic rings. The average molecular weight is 264 g/mol. The number of nitrogen functional groups attached to an aromatic ring is 1. The van der Waals surface area contributed by atoms with Gasteiger partial charge < -0.3 is 21.7 Å². The molecule has 106 valence electrons. The quantitative estimate of drug-likeness (QED) is 0.621. The number of hydrogen-bond acceptors (Lipinski definition) is 4. The van der Waals surface area contributed by atoms with E-state index in [9.17, 15) is 4.79 Å². The minimum atomic E-state index is -0.462. The Hall–Kier alpha value is -1.75. The number of amides is 1. The third-order valence-electron chi connectivity index (χ3n) is 3.08. The molecule has 1 aromatic carbocycles.